The SMILES string of the molecule is C=CCCC[C@H](Cc1ccccc1)C(=O)OCC1(NC(=O)[C@H](CC=C)CC(=O)N2CCC[C@H]2CO)CCCC1. The first-order valence-corrected chi connectivity index (χ1v) is 14.6. The molecule has 1 aromatic carbocycles. The number of carbonyl (C=O) groups excluding carboxylic acids is 3. The summed E-state index contributed by atoms with van der Waals surface area (Å²) in [5, 5.41) is 12.8. The molecule has 3 rings (SSSR count). The number of rotatable bonds is 16. The fourth-order valence-electron chi connectivity index (χ4n) is 5.92. The topological polar surface area (TPSA) is 95.9 Å². The van der Waals surface area contributed by atoms with Gasteiger partial charge in [0.25, 0.3) is 0 Å². The molecule has 1 heterocycles. The minimum Gasteiger partial charge on any atom is -0.463 e. The summed E-state index contributed by atoms with van der Waals surface area (Å²) in [4.78, 5) is 41.4. The molecule has 0 radical (unpaired) electrons. The molecule has 2 N–H and O–H groups in total. The smallest absolute Gasteiger partial charge is 0.309 e. The molecule has 2 aliphatic rings. The van der Waals surface area contributed by atoms with Gasteiger partial charge in [-0.3, -0.25) is 14.4 Å². The van der Waals surface area contributed by atoms with Gasteiger partial charge in [0, 0.05) is 13.0 Å². The van der Waals surface area contributed by atoms with Crippen molar-refractivity contribution in [2.24, 2.45) is 11.8 Å². The van der Waals surface area contributed by atoms with Crippen molar-refractivity contribution in [3.8, 4) is 0 Å². The molecule has 214 valence electrons. The third-order valence-electron chi connectivity index (χ3n) is 8.21. The number of ether oxygens (including phenoxy) is 1. The number of unbranched alkanes of at least 4 members (excludes halogenated alkanes) is 1. The normalized spacial score (nSPS) is 19.7. The summed E-state index contributed by atoms with van der Waals surface area (Å²) in [6.45, 7) is 8.27. The van der Waals surface area contributed by atoms with Gasteiger partial charge in [-0.25, -0.2) is 0 Å². The molecule has 0 aromatic heterocycles. The number of nitrogens with one attached hydrogen (secondary N) is 1. The third-order valence-corrected chi connectivity index (χ3v) is 8.21. The van der Waals surface area contributed by atoms with Crippen LogP contribution in [0.4, 0.5) is 0 Å². The summed E-state index contributed by atoms with van der Waals surface area (Å²) in [6, 6.07) is 9.80. The van der Waals surface area contributed by atoms with E-state index in [-0.39, 0.29) is 49.4 Å². The van der Waals surface area contributed by atoms with Crippen LogP contribution in [0.25, 0.3) is 0 Å². The van der Waals surface area contributed by atoms with Gasteiger partial charge in [-0.15, -0.1) is 13.2 Å². The van der Waals surface area contributed by atoms with Crippen molar-refractivity contribution >= 4 is 17.8 Å². The number of likely N-dealkylation sites (tertiary alicyclic amines) is 1. The van der Waals surface area contributed by atoms with Gasteiger partial charge in [0.2, 0.25) is 11.8 Å². The Morgan fingerprint density at radius 2 is 1.85 bits per heavy atom. The molecular formula is C32H46N2O5. The fourth-order valence-corrected chi connectivity index (χ4v) is 5.92. The summed E-state index contributed by atoms with van der Waals surface area (Å²) >= 11 is 0. The number of carbonyl (C=O) groups is 3. The van der Waals surface area contributed by atoms with Crippen molar-refractivity contribution in [3.05, 3.63) is 61.2 Å². The summed E-state index contributed by atoms with van der Waals surface area (Å²) < 4.78 is 5.92. The maximum atomic E-state index is 13.5. The average Bonchev–Trinajstić information content (AvgIpc) is 3.61. The van der Waals surface area contributed by atoms with E-state index in [0.717, 1.165) is 56.9 Å². The molecule has 1 saturated carbocycles. The molecule has 2 amide bonds. The maximum Gasteiger partial charge on any atom is 0.309 e. The van der Waals surface area contributed by atoms with Crippen LogP contribution in [0, 0.1) is 11.8 Å². The van der Waals surface area contributed by atoms with Crippen molar-refractivity contribution < 1.29 is 24.2 Å². The summed E-state index contributed by atoms with van der Waals surface area (Å²) in [5.41, 5.74) is 0.481. The van der Waals surface area contributed by atoms with Crippen LogP contribution in [0.5, 0.6) is 0 Å². The Morgan fingerprint density at radius 1 is 1.10 bits per heavy atom. The van der Waals surface area contributed by atoms with Crippen LogP contribution in [0.1, 0.15) is 76.2 Å². The molecule has 1 saturated heterocycles. The molecule has 39 heavy (non-hydrogen) atoms. The Hall–Kier alpha value is -2.93. The first kappa shape index (κ1) is 30.6. The van der Waals surface area contributed by atoms with E-state index in [0.29, 0.717) is 25.8 Å². The van der Waals surface area contributed by atoms with Crippen molar-refractivity contribution in [1.29, 1.82) is 0 Å². The van der Waals surface area contributed by atoms with Crippen LogP contribution in [0.2, 0.25) is 0 Å². The largest absolute Gasteiger partial charge is 0.463 e. The van der Waals surface area contributed by atoms with E-state index in [9.17, 15) is 19.5 Å². The second kappa shape index (κ2) is 15.6. The van der Waals surface area contributed by atoms with Crippen LogP contribution in [-0.4, -0.2) is 59.1 Å². The minimum absolute atomic E-state index is 0.0581. The van der Waals surface area contributed by atoms with Gasteiger partial charge >= 0.3 is 5.97 Å². The molecule has 3 atom stereocenters. The molecular weight excluding hydrogens is 492 g/mol. The Kier molecular flexibility index (Phi) is 12.2. The predicted octanol–water partition coefficient (Wildman–Crippen LogP) is 4.74. The second-order valence-electron chi connectivity index (χ2n) is 11.2. The van der Waals surface area contributed by atoms with Gasteiger partial charge in [0.1, 0.15) is 6.61 Å². The van der Waals surface area contributed by atoms with E-state index in [1.54, 1.807) is 11.0 Å². The summed E-state index contributed by atoms with van der Waals surface area (Å²) in [5.74, 6) is -1.35. The number of allylic oxidation sites excluding steroid dienone is 2. The minimum atomic E-state index is -0.616. The van der Waals surface area contributed by atoms with Gasteiger partial charge in [-0.05, 0) is 63.4 Å². The van der Waals surface area contributed by atoms with Crippen molar-refractivity contribution in [1.82, 2.24) is 10.2 Å². The standard InChI is InChI=1S/C32H46N2O5/c1-3-5-7-16-27(21-25-14-8-6-9-15-25)31(38)39-24-32(18-10-11-19-32)33-30(37)26(13-4-2)22-29(36)34-20-12-17-28(34)23-35/h3-4,6,8-9,14-15,26-28,35H,1-2,5,7,10-13,16-24H2,(H,33,37)/t26-,27-,28+/m1/s1. The van der Waals surface area contributed by atoms with Crippen molar-refractivity contribution in [3.63, 3.8) is 0 Å². The number of hydrogen-bond donors (Lipinski definition) is 2. The van der Waals surface area contributed by atoms with Crippen LogP contribution in [-0.2, 0) is 25.5 Å². The third kappa shape index (κ3) is 9.06. The quantitative estimate of drug-likeness (QED) is 0.180. The molecule has 0 unspecified atom stereocenters. The number of esters is 1. The van der Waals surface area contributed by atoms with Crippen LogP contribution in [0.3, 0.4) is 0 Å². The van der Waals surface area contributed by atoms with E-state index >= 15 is 0 Å². The zero-order valence-electron chi connectivity index (χ0n) is 23.3. The highest BCUT2D eigenvalue weighted by atomic mass is 16.5. The molecule has 0 bridgehead atoms. The number of aliphatic hydroxyl groups excluding tert-OH is 1. The number of amides is 2. The Morgan fingerprint density at radius 3 is 2.51 bits per heavy atom. The van der Waals surface area contributed by atoms with Crippen LogP contribution < -0.4 is 5.32 Å². The second-order valence-corrected chi connectivity index (χ2v) is 11.2. The highest BCUT2D eigenvalue weighted by Crippen LogP contribution is 2.32. The number of benzene rings is 1. The lowest BCUT2D eigenvalue weighted by Gasteiger charge is -2.32. The predicted molar refractivity (Wildman–Crippen MR) is 153 cm³/mol. The van der Waals surface area contributed by atoms with E-state index in [4.69, 9.17) is 4.74 Å². The molecule has 2 fully saturated rings. The monoisotopic (exact) mass is 538 g/mol. The lowest BCUT2D eigenvalue weighted by Crippen LogP contribution is -2.53. The van der Waals surface area contributed by atoms with E-state index < -0.39 is 11.5 Å². The zero-order valence-corrected chi connectivity index (χ0v) is 23.3. The van der Waals surface area contributed by atoms with E-state index in [1.807, 2.05) is 36.4 Å². The maximum absolute atomic E-state index is 13.5. The number of aliphatic hydroxyl groups is 1. The van der Waals surface area contributed by atoms with Gasteiger partial charge in [-0.1, -0.05) is 55.3 Å². The van der Waals surface area contributed by atoms with Crippen molar-refractivity contribution in [2.45, 2.75) is 88.6 Å². The lowest BCUT2D eigenvalue weighted by atomic mass is 9.93. The zero-order chi connectivity index (χ0) is 28.1. The number of nitrogens with zero attached hydrogens (tertiary/aromatic N) is 1. The molecule has 1 aromatic rings. The molecule has 7 nitrogen and oxygen atoms in total. The van der Waals surface area contributed by atoms with Crippen LogP contribution >= 0.6 is 0 Å². The first-order chi connectivity index (χ1) is 18.9. The van der Waals surface area contributed by atoms with E-state index in [2.05, 4.69) is 18.5 Å². The summed E-state index contributed by atoms with van der Waals surface area (Å²) in [6.07, 6.45) is 12.1. The Balaban J connectivity index is 1.63. The Bertz CT molecular complexity index is 957. The molecule has 0 spiro atoms. The molecule has 1 aliphatic carbocycles. The van der Waals surface area contributed by atoms with E-state index in [1.165, 1.54) is 0 Å². The fraction of sp³-hybridized carbons (Fsp3) is 0.594. The van der Waals surface area contributed by atoms with Gasteiger partial charge in [0.05, 0.1) is 30.0 Å². The van der Waals surface area contributed by atoms with Gasteiger partial charge in [-0.2, -0.15) is 0 Å². The lowest BCUT2D eigenvalue weighted by molar-refractivity contribution is -0.152. The van der Waals surface area contributed by atoms with Gasteiger partial charge < -0.3 is 20.1 Å². The average molecular weight is 539 g/mol. The van der Waals surface area contributed by atoms with Gasteiger partial charge in [0.15, 0.2) is 0 Å². The molecule has 1 aliphatic heterocycles. The molecule has 7 heteroatoms. The summed E-state index contributed by atoms with van der Waals surface area (Å²) in [7, 11) is 0. The number of hydrogen-bond acceptors (Lipinski definition) is 5. The highest BCUT2D eigenvalue weighted by molar-refractivity contribution is 5.86. The highest BCUT2D eigenvalue weighted by Gasteiger charge is 2.39. The first-order valence-electron chi connectivity index (χ1n) is 14.6. The Labute approximate surface area is 233 Å². The van der Waals surface area contributed by atoms with Crippen LogP contribution in [0.15, 0.2) is 55.6 Å². The van der Waals surface area contributed by atoms with Crippen molar-refractivity contribution in [2.75, 3.05) is 19.8 Å².